The van der Waals surface area contributed by atoms with E-state index in [-0.39, 0.29) is 16.5 Å². The molecule has 0 spiro atoms. The lowest BCUT2D eigenvalue weighted by atomic mass is 10.0. The highest BCUT2D eigenvalue weighted by atomic mass is 35.5. The van der Waals surface area contributed by atoms with Crippen LogP contribution in [-0.2, 0) is 13.0 Å². The highest BCUT2D eigenvalue weighted by molar-refractivity contribution is 6.31. The highest BCUT2D eigenvalue weighted by Crippen LogP contribution is 2.39. The lowest BCUT2D eigenvalue weighted by molar-refractivity contribution is -0.0540. The molecule has 1 aliphatic rings. The molecule has 0 fully saturated rings. The van der Waals surface area contributed by atoms with Crippen LogP contribution >= 0.6 is 11.6 Å². The summed E-state index contributed by atoms with van der Waals surface area (Å²) in [6, 6.07) is 10.1. The number of aromatic nitrogens is 3. The lowest BCUT2D eigenvalue weighted by Crippen LogP contribution is -2.15. The van der Waals surface area contributed by atoms with Crippen LogP contribution in [0, 0.1) is 5.82 Å². The highest BCUT2D eigenvalue weighted by Gasteiger charge is 2.25. The van der Waals surface area contributed by atoms with Gasteiger partial charge in [-0.25, -0.2) is 19.3 Å². The Morgan fingerprint density at radius 2 is 1.94 bits per heavy atom. The fraction of sp³-hybridized carbons (Fsp3) is 0.174. The number of ether oxygens (including phenoxy) is 1. The van der Waals surface area contributed by atoms with Crippen molar-refractivity contribution in [3.63, 3.8) is 0 Å². The summed E-state index contributed by atoms with van der Waals surface area (Å²) in [6.07, 6.45) is 3.50. The average molecular weight is 473 g/mol. The van der Waals surface area contributed by atoms with E-state index in [0.717, 1.165) is 22.2 Å². The standard InChI is InChI=1S/C23H16ClF3N4O2/c24-17-8-20-13(7-18(17)25)3-4-31(20)21-16-6-12(1-2-19(16)29-11-30-21)14-5-15(10-32)22(28-9-14)33-23(26)27/h1-2,5-9,11,23,32H,3-4,10H2. The molecule has 2 aromatic carbocycles. The molecule has 5 rings (SSSR count). The van der Waals surface area contributed by atoms with E-state index in [2.05, 4.69) is 19.7 Å². The maximum Gasteiger partial charge on any atom is 0.388 e. The van der Waals surface area contributed by atoms with E-state index in [1.807, 2.05) is 23.1 Å². The number of pyridine rings is 1. The van der Waals surface area contributed by atoms with E-state index < -0.39 is 19.0 Å². The van der Waals surface area contributed by atoms with Gasteiger partial charge in [-0.3, -0.25) is 0 Å². The van der Waals surface area contributed by atoms with Gasteiger partial charge in [0, 0.05) is 34.9 Å². The van der Waals surface area contributed by atoms with E-state index in [9.17, 15) is 18.3 Å². The topological polar surface area (TPSA) is 71.4 Å². The predicted octanol–water partition coefficient (Wildman–Crippen LogP) is 5.27. The normalized spacial score (nSPS) is 13.1. The quantitative estimate of drug-likeness (QED) is 0.426. The van der Waals surface area contributed by atoms with Gasteiger partial charge >= 0.3 is 6.61 Å². The second kappa shape index (κ2) is 8.49. The van der Waals surface area contributed by atoms with Crippen molar-refractivity contribution < 1.29 is 23.0 Å². The van der Waals surface area contributed by atoms with Gasteiger partial charge < -0.3 is 14.7 Å². The van der Waals surface area contributed by atoms with Crippen LogP contribution in [0.25, 0.3) is 22.0 Å². The number of anilines is 2. The van der Waals surface area contributed by atoms with Gasteiger partial charge in [-0.05, 0) is 47.9 Å². The Morgan fingerprint density at radius 3 is 2.73 bits per heavy atom. The summed E-state index contributed by atoms with van der Waals surface area (Å²) in [5, 5.41) is 10.3. The lowest BCUT2D eigenvalue weighted by Gasteiger charge is -2.20. The third-order valence-electron chi connectivity index (χ3n) is 5.52. The van der Waals surface area contributed by atoms with Crippen LogP contribution in [0.3, 0.4) is 0 Å². The Morgan fingerprint density at radius 1 is 1.09 bits per heavy atom. The van der Waals surface area contributed by atoms with E-state index in [1.54, 1.807) is 12.1 Å². The maximum absolute atomic E-state index is 13.9. The molecule has 0 aliphatic carbocycles. The second-order valence-electron chi connectivity index (χ2n) is 7.45. The minimum atomic E-state index is -3.04. The molecule has 0 saturated heterocycles. The molecule has 33 heavy (non-hydrogen) atoms. The number of hydrogen-bond acceptors (Lipinski definition) is 6. The number of fused-ring (bicyclic) bond motifs is 2. The molecule has 3 heterocycles. The van der Waals surface area contributed by atoms with Crippen molar-refractivity contribution >= 4 is 34.0 Å². The van der Waals surface area contributed by atoms with E-state index in [1.165, 1.54) is 18.6 Å². The SMILES string of the molecule is OCc1cc(-c2ccc3ncnc(N4CCc5cc(F)c(Cl)cc54)c3c2)cnc1OC(F)F. The van der Waals surface area contributed by atoms with E-state index in [4.69, 9.17) is 11.6 Å². The van der Waals surface area contributed by atoms with Crippen LogP contribution in [0.15, 0.2) is 48.9 Å². The van der Waals surface area contributed by atoms with Gasteiger partial charge in [-0.2, -0.15) is 8.78 Å². The van der Waals surface area contributed by atoms with Crippen LogP contribution in [0.1, 0.15) is 11.1 Å². The minimum Gasteiger partial charge on any atom is -0.417 e. The molecule has 0 bridgehead atoms. The Hall–Kier alpha value is -3.43. The molecule has 0 atom stereocenters. The largest absolute Gasteiger partial charge is 0.417 e. The summed E-state index contributed by atoms with van der Waals surface area (Å²) in [4.78, 5) is 14.7. The van der Waals surface area contributed by atoms with Crippen LogP contribution < -0.4 is 9.64 Å². The Bertz CT molecular complexity index is 1370. The van der Waals surface area contributed by atoms with Gasteiger partial charge in [-0.15, -0.1) is 0 Å². The molecular weight excluding hydrogens is 457 g/mol. The number of hydrogen-bond donors (Lipinski definition) is 1. The van der Waals surface area contributed by atoms with Crippen molar-refractivity contribution in [3.05, 3.63) is 70.9 Å². The van der Waals surface area contributed by atoms with Crippen molar-refractivity contribution in [3.8, 4) is 17.0 Å². The van der Waals surface area contributed by atoms with Crippen LogP contribution in [0.2, 0.25) is 5.02 Å². The second-order valence-corrected chi connectivity index (χ2v) is 7.86. The predicted molar refractivity (Wildman–Crippen MR) is 117 cm³/mol. The fourth-order valence-electron chi connectivity index (χ4n) is 4.00. The smallest absolute Gasteiger partial charge is 0.388 e. The minimum absolute atomic E-state index is 0.0356. The Labute approximate surface area is 191 Å². The summed E-state index contributed by atoms with van der Waals surface area (Å²) in [5.41, 5.74) is 3.78. The summed E-state index contributed by atoms with van der Waals surface area (Å²) in [5.74, 6) is -0.145. The molecule has 1 aliphatic heterocycles. The van der Waals surface area contributed by atoms with Crippen molar-refractivity contribution in [2.45, 2.75) is 19.6 Å². The maximum atomic E-state index is 13.9. The molecule has 6 nitrogen and oxygen atoms in total. The molecule has 10 heteroatoms. The number of benzene rings is 2. The van der Waals surface area contributed by atoms with Crippen molar-refractivity contribution in [2.75, 3.05) is 11.4 Å². The monoisotopic (exact) mass is 472 g/mol. The summed E-state index contributed by atoms with van der Waals surface area (Å²) < 4.78 is 43.5. The van der Waals surface area contributed by atoms with Crippen molar-refractivity contribution in [1.82, 2.24) is 15.0 Å². The third kappa shape index (κ3) is 3.94. The fourth-order valence-corrected chi connectivity index (χ4v) is 4.16. The number of halogens is 4. The third-order valence-corrected chi connectivity index (χ3v) is 5.81. The first-order chi connectivity index (χ1) is 15.9. The van der Waals surface area contributed by atoms with Gasteiger partial charge in [0.1, 0.15) is 18.0 Å². The van der Waals surface area contributed by atoms with Gasteiger partial charge in [0.25, 0.3) is 0 Å². The molecule has 0 amide bonds. The number of rotatable bonds is 5. The van der Waals surface area contributed by atoms with E-state index >= 15 is 0 Å². The van der Waals surface area contributed by atoms with Gasteiger partial charge in [-0.1, -0.05) is 17.7 Å². The molecule has 1 N–H and O–H groups in total. The van der Waals surface area contributed by atoms with Gasteiger partial charge in [0.05, 0.1) is 17.1 Å². The zero-order chi connectivity index (χ0) is 23.1. The Balaban J connectivity index is 1.59. The van der Waals surface area contributed by atoms with Crippen LogP contribution in [-0.4, -0.2) is 33.2 Å². The summed E-state index contributed by atoms with van der Waals surface area (Å²) in [7, 11) is 0. The average Bonchev–Trinajstić information content (AvgIpc) is 3.20. The van der Waals surface area contributed by atoms with Crippen molar-refractivity contribution in [2.24, 2.45) is 0 Å². The van der Waals surface area contributed by atoms with Crippen LogP contribution in [0.5, 0.6) is 5.88 Å². The first kappa shape index (κ1) is 21.4. The number of nitrogens with zero attached hydrogens (tertiary/aromatic N) is 4. The number of aliphatic hydroxyl groups is 1. The van der Waals surface area contributed by atoms with Gasteiger partial charge in [0.2, 0.25) is 5.88 Å². The molecule has 0 radical (unpaired) electrons. The zero-order valence-electron chi connectivity index (χ0n) is 17.0. The molecular formula is C23H16ClF3N4O2. The first-order valence-corrected chi connectivity index (χ1v) is 10.4. The van der Waals surface area contributed by atoms with E-state index in [0.29, 0.717) is 29.9 Å². The summed E-state index contributed by atoms with van der Waals surface area (Å²) >= 11 is 6.02. The summed E-state index contributed by atoms with van der Waals surface area (Å²) in [6.45, 7) is -2.95. The molecule has 2 aromatic heterocycles. The molecule has 0 saturated carbocycles. The molecule has 0 unspecified atom stereocenters. The molecule has 4 aromatic rings. The first-order valence-electron chi connectivity index (χ1n) is 10.00. The Kier molecular flexibility index (Phi) is 5.51. The number of alkyl halides is 2. The zero-order valence-corrected chi connectivity index (χ0v) is 17.7. The molecule has 168 valence electrons. The van der Waals surface area contributed by atoms with Gasteiger partial charge in [0.15, 0.2) is 0 Å². The van der Waals surface area contributed by atoms with Crippen molar-refractivity contribution in [1.29, 1.82) is 0 Å². The van der Waals surface area contributed by atoms with Crippen LogP contribution in [0.4, 0.5) is 24.7 Å². The number of aliphatic hydroxyl groups excluding tert-OH is 1.